The van der Waals surface area contributed by atoms with E-state index in [9.17, 15) is 0 Å². The molecule has 0 amide bonds. The Bertz CT molecular complexity index is 1570. The van der Waals surface area contributed by atoms with Gasteiger partial charge >= 0.3 is 6.01 Å². The van der Waals surface area contributed by atoms with Gasteiger partial charge in [0.1, 0.15) is 17.9 Å². The Morgan fingerprint density at radius 3 is 2.72 bits per heavy atom. The number of hydrogen-bond acceptors (Lipinski definition) is 9. The minimum absolute atomic E-state index is 0.109. The lowest BCUT2D eigenvalue weighted by molar-refractivity contribution is 0.188. The van der Waals surface area contributed by atoms with Gasteiger partial charge in [0.25, 0.3) is 0 Å². The summed E-state index contributed by atoms with van der Waals surface area (Å²) in [6, 6.07) is 8.47. The van der Waals surface area contributed by atoms with Gasteiger partial charge in [-0.2, -0.15) is 9.97 Å². The van der Waals surface area contributed by atoms with E-state index in [1.54, 1.807) is 18.3 Å². The zero-order valence-corrected chi connectivity index (χ0v) is 22.5. The number of ether oxygens (including phenoxy) is 1. The number of nitrogen functional groups attached to an aromatic ring is 1. The molecule has 0 spiro atoms. The normalized spacial score (nSPS) is 23.3. The number of benzene rings is 2. The lowest BCUT2D eigenvalue weighted by Crippen LogP contribution is -2.51. The SMILES string of the molecule is CN1CCC[C@H]1COc1nc(N2CC3CCC(C2)N3)c2cc(Cl)c(-c3cccc4cnc(N)nc34)c(F)c2n1. The molecule has 0 radical (unpaired) electrons. The zero-order valence-electron chi connectivity index (χ0n) is 21.7. The van der Waals surface area contributed by atoms with Gasteiger partial charge in [0.2, 0.25) is 5.95 Å². The van der Waals surface area contributed by atoms with Gasteiger partial charge in [-0.3, -0.25) is 0 Å². The van der Waals surface area contributed by atoms with Crippen molar-refractivity contribution in [3.63, 3.8) is 0 Å². The van der Waals surface area contributed by atoms with E-state index in [-0.39, 0.29) is 34.1 Å². The largest absolute Gasteiger partial charge is 0.462 e. The Morgan fingerprint density at radius 1 is 1.13 bits per heavy atom. The van der Waals surface area contributed by atoms with Gasteiger partial charge in [0.05, 0.1) is 10.5 Å². The van der Waals surface area contributed by atoms with Crippen LogP contribution in [0, 0.1) is 5.82 Å². The first-order valence-electron chi connectivity index (χ1n) is 13.5. The van der Waals surface area contributed by atoms with Gasteiger partial charge in [0, 0.05) is 59.3 Å². The molecule has 3 fully saturated rings. The molecule has 2 aromatic heterocycles. The smallest absolute Gasteiger partial charge is 0.319 e. The van der Waals surface area contributed by atoms with Crippen LogP contribution in [0.5, 0.6) is 6.01 Å². The summed E-state index contributed by atoms with van der Waals surface area (Å²) < 4.78 is 22.7. The highest BCUT2D eigenvalue weighted by atomic mass is 35.5. The van der Waals surface area contributed by atoms with Gasteiger partial charge < -0.3 is 25.6 Å². The van der Waals surface area contributed by atoms with E-state index in [0.29, 0.717) is 41.0 Å². The fraction of sp³-hybridized carbons (Fsp3) is 0.429. The molecule has 39 heavy (non-hydrogen) atoms. The van der Waals surface area contributed by atoms with Crippen molar-refractivity contribution in [2.24, 2.45) is 0 Å². The summed E-state index contributed by atoms with van der Waals surface area (Å²) >= 11 is 6.83. The summed E-state index contributed by atoms with van der Waals surface area (Å²) in [5, 5.41) is 5.22. The molecular formula is C28H30ClFN8O. The number of piperazine rings is 1. The standard InChI is InChI=1S/C28H30ClFN8O/c1-37-9-3-5-18(37)14-39-28-35-25-20(26(36-28)38-12-16-7-8-17(13-38)33-16)10-21(29)22(23(25)30)19-6-2-4-15-11-32-27(31)34-24(15)19/h2,4,6,10-11,16-18,33H,3,5,7-9,12-14H2,1H3,(H2,31,32,34)/t16?,17?,18-/m0/s1. The molecule has 2 bridgehead atoms. The second kappa shape index (κ2) is 9.69. The molecule has 0 saturated carbocycles. The maximum Gasteiger partial charge on any atom is 0.319 e. The molecular weight excluding hydrogens is 519 g/mol. The van der Waals surface area contributed by atoms with Gasteiger partial charge in [-0.25, -0.2) is 14.4 Å². The van der Waals surface area contributed by atoms with Crippen LogP contribution >= 0.6 is 11.6 Å². The van der Waals surface area contributed by atoms with Crippen LogP contribution in [0.25, 0.3) is 32.9 Å². The van der Waals surface area contributed by atoms with Crippen molar-refractivity contribution in [3.8, 4) is 17.1 Å². The number of rotatable bonds is 5. The van der Waals surface area contributed by atoms with Crippen LogP contribution in [-0.2, 0) is 0 Å². The quantitative estimate of drug-likeness (QED) is 0.382. The molecule has 3 saturated heterocycles. The van der Waals surface area contributed by atoms with Crippen molar-refractivity contribution >= 4 is 45.2 Å². The number of nitrogens with zero attached hydrogens (tertiary/aromatic N) is 6. The first-order valence-corrected chi connectivity index (χ1v) is 13.9. The van der Waals surface area contributed by atoms with Crippen LogP contribution in [0.15, 0.2) is 30.5 Å². The number of hydrogen-bond donors (Lipinski definition) is 2. The molecule has 3 aliphatic rings. The summed E-state index contributed by atoms with van der Waals surface area (Å²) in [6.07, 6.45) is 6.05. The Balaban J connectivity index is 1.38. The van der Waals surface area contributed by atoms with E-state index in [1.807, 2.05) is 12.1 Å². The topological polar surface area (TPSA) is 105 Å². The zero-order chi connectivity index (χ0) is 26.7. The van der Waals surface area contributed by atoms with Crippen LogP contribution in [0.3, 0.4) is 0 Å². The molecule has 3 N–H and O–H groups in total. The molecule has 9 nitrogen and oxygen atoms in total. The van der Waals surface area contributed by atoms with E-state index in [4.69, 9.17) is 27.1 Å². The Labute approximate surface area is 230 Å². The van der Waals surface area contributed by atoms with Crippen LogP contribution in [0.2, 0.25) is 5.02 Å². The van der Waals surface area contributed by atoms with Crippen molar-refractivity contribution in [2.45, 2.75) is 43.8 Å². The molecule has 4 aromatic rings. The van der Waals surface area contributed by atoms with Gasteiger partial charge in [0.15, 0.2) is 5.82 Å². The average molecular weight is 549 g/mol. The highest BCUT2D eigenvalue weighted by Crippen LogP contribution is 2.41. The maximum atomic E-state index is 16.6. The Kier molecular flexibility index (Phi) is 6.13. The van der Waals surface area contributed by atoms with Crippen molar-refractivity contribution in [1.29, 1.82) is 0 Å². The second-order valence-electron chi connectivity index (χ2n) is 10.9. The lowest BCUT2D eigenvalue weighted by atomic mass is 10.00. The summed E-state index contributed by atoms with van der Waals surface area (Å²) in [5.74, 6) is 0.231. The van der Waals surface area contributed by atoms with E-state index >= 15 is 4.39 Å². The molecule has 3 aliphatic heterocycles. The summed E-state index contributed by atoms with van der Waals surface area (Å²) in [5.41, 5.74) is 7.34. The number of likely N-dealkylation sites (N-methyl/N-ethyl adjacent to an activating group) is 1. The molecule has 3 atom stereocenters. The van der Waals surface area contributed by atoms with Gasteiger partial charge in [-0.05, 0) is 45.3 Å². The molecule has 2 aromatic carbocycles. The number of nitrogens with two attached hydrogens (primary N) is 1. The van der Waals surface area contributed by atoms with E-state index in [0.717, 1.165) is 50.7 Å². The maximum absolute atomic E-state index is 16.6. The third-order valence-corrected chi connectivity index (χ3v) is 8.63. The number of aromatic nitrogens is 4. The van der Waals surface area contributed by atoms with Crippen LogP contribution in [0.1, 0.15) is 25.7 Å². The highest BCUT2D eigenvalue weighted by Gasteiger charge is 2.34. The third kappa shape index (κ3) is 4.40. The number of para-hydroxylation sites is 1. The van der Waals surface area contributed by atoms with E-state index in [1.165, 1.54) is 0 Å². The predicted octanol–water partition coefficient (Wildman–Crippen LogP) is 4.03. The summed E-state index contributed by atoms with van der Waals surface area (Å²) in [7, 11) is 2.10. The number of anilines is 2. The van der Waals surface area contributed by atoms with Crippen LogP contribution in [0.4, 0.5) is 16.2 Å². The van der Waals surface area contributed by atoms with E-state index in [2.05, 4.69) is 37.1 Å². The minimum Gasteiger partial charge on any atom is -0.462 e. The van der Waals surface area contributed by atoms with Crippen molar-refractivity contribution in [1.82, 2.24) is 30.2 Å². The fourth-order valence-electron chi connectivity index (χ4n) is 6.31. The average Bonchev–Trinajstić information content (AvgIpc) is 3.50. The third-order valence-electron chi connectivity index (χ3n) is 8.33. The molecule has 5 heterocycles. The summed E-state index contributed by atoms with van der Waals surface area (Å²) in [6.45, 7) is 3.06. The van der Waals surface area contributed by atoms with Crippen LogP contribution in [-0.4, -0.2) is 76.3 Å². The molecule has 11 heteroatoms. The predicted molar refractivity (Wildman–Crippen MR) is 151 cm³/mol. The number of fused-ring (bicyclic) bond motifs is 4. The fourth-order valence-corrected chi connectivity index (χ4v) is 6.61. The molecule has 0 aliphatic carbocycles. The molecule has 2 unspecified atom stereocenters. The van der Waals surface area contributed by atoms with Crippen molar-refractivity contribution in [2.75, 3.05) is 43.9 Å². The Morgan fingerprint density at radius 2 is 1.95 bits per heavy atom. The highest BCUT2D eigenvalue weighted by molar-refractivity contribution is 6.35. The minimum atomic E-state index is -0.535. The number of halogens is 2. The molecule has 202 valence electrons. The van der Waals surface area contributed by atoms with Gasteiger partial charge in [-0.15, -0.1) is 0 Å². The van der Waals surface area contributed by atoms with Gasteiger partial charge in [-0.1, -0.05) is 29.8 Å². The second-order valence-corrected chi connectivity index (χ2v) is 11.3. The summed E-state index contributed by atoms with van der Waals surface area (Å²) in [4.78, 5) is 22.4. The molecule has 7 rings (SSSR count). The number of nitrogens with one attached hydrogen (secondary N) is 1. The number of likely N-dealkylation sites (tertiary alicyclic amines) is 1. The monoisotopic (exact) mass is 548 g/mol. The lowest BCUT2D eigenvalue weighted by Gasteiger charge is -2.34. The van der Waals surface area contributed by atoms with Crippen LogP contribution < -0.4 is 20.7 Å². The Hall–Kier alpha value is -3.34. The van der Waals surface area contributed by atoms with Crippen molar-refractivity contribution in [3.05, 3.63) is 41.3 Å². The first kappa shape index (κ1) is 24.7. The van der Waals surface area contributed by atoms with E-state index < -0.39 is 5.82 Å². The first-order chi connectivity index (χ1) is 18.9. The van der Waals surface area contributed by atoms with Crippen molar-refractivity contribution < 1.29 is 9.13 Å².